The summed E-state index contributed by atoms with van der Waals surface area (Å²) in [5.74, 6) is 0.118. The molecule has 1 aromatic heterocycles. The van der Waals surface area contributed by atoms with Gasteiger partial charge in [-0.2, -0.15) is 0 Å². The Morgan fingerprint density at radius 3 is 2.78 bits per heavy atom. The molecule has 3 heteroatoms. The summed E-state index contributed by atoms with van der Waals surface area (Å²) >= 11 is 0. The quantitative estimate of drug-likeness (QED) is 0.715. The monoisotopic (exact) mass is 300 g/mol. The standard InChI is InChI=1S/C20H16N2O/c23-20-16(11-10-14-5-1-2-8-17(14)20)13-22-18-9-3-6-15-7-4-12-21-19(15)18/h1-9,12-13,22H,10-11H2/b16-13-. The zero-order valence-electron chi connectivity index (χ0n) is 12.6. The van der Waals surface area contributed by atoms with Gasteiger partial charge in [0.2, 0.25) is 0 Å². The van der Waals surface area contributed by atoms with Gasteiger partial charge in [-0.15, -0.1) is 0 Å². The van der Waals surface area contributed by atoms with E-state index in [2.05, 4.69) is 10.3 Å². The number of anilines is 1. The number of aromatic nitrogens is 1. The first-order valence-electron chi connectivity index (χ1n) is 7.75. The van der Waals surface area contributed by atoms with Crippen molar-refractivity contribution < 1.29 is 4.79 Å². The molecule has 4 rings (SSSR count). The van der Waals surface area contributed by atoms with Crippen LogP contribution in [-0.2, 0) is 6.42 Å². The number of rotatable bonds is 2. The molecule has 0 atom stereocenters. The number of nitrogens with one attached hydrogen (secondary N) is 1. The van der Waals surface area contributed by atoms with Crippen LogP contribution in [0.3, 0.4) is 0 Å². The molecule has 0 radical (unpaired) electrons. The summed E-state index contributed by atoms with van der Waals surface area (Å²) in [6, 6.07) is 17.8. The summed E-state index contributed by atoms with van der Waals surface area (Å²) < 4.78 is 0. The molecule has 3 aromatic rings. The van der Waals surface area contributed by atoms with Crippen molar-refractivity contribution in [1.82, 2.24) is 4.98 Å². The summed E-state index contributed by atoms with van der Waals surface area (Å²) in [5.41, 5.74) is 4.61. The van der Waals surface area contributed by atoms with E-state index >= 15 is 0 Å². The highest BCUT2D eigenvalue weighted by atomic mass is 16.1. The maximum atomic E-state index is 12.6. The molecule has 1 aliphatic carbocycles. The number of ketones is 1. The molecular formula is C20H16N2O. The fourth-order valence-electron chi connectivity index (χ4n) is 3.04. The fraction of sp³-hybridized carbons (Fsp3) is 0.100. The van der Waals surface area contributed by atoms with Gasteiger partial charge in [-0.1, -0.05) is 42.5 Å². The summed E-state index contributed by atoms with van der Waals surface area (Å²) in [7, 11) is 0. The van der Waals surface area contributed by atoms with Crippen molar-refractivity contribution in [1.29, 1.82) is 0 Å². The normalized spacial score (nSPS) is 15.7. The van der Waals surface area contributed by atoms with Crippen LogP contribution in [0.4, 0.5) is 5.69 Å². The lowest BCUT2D eigenvalue weighted by molar-refractivity contribution is 0.102. The molecule has 23 heavy (non-hydrogen) atoms. The minimum absolute atomic E-state index is 0.118. The van der Waals surface area contributed by atoms with Gasteiger partial charge < -0.3 is 5.32 Å². The molecule has 0 unspecified atom stereocenters. The van der Waals surface area contributed by atoms with Gasteiger partial charge in [-0.25, -0.2) is 0 Å². The maximum Gasteiger partial charge on any atom is 0.190 e. The second kappa shape index (κ2) is 5.69. The molecule has 0 saturated heterocycles. The highest BCUT2D eigenvalue weighted by Gasteiger charge is 2.21. The number of allylic oxidation sites excluding steroid dienone is 1. The lowest BCUT2D eigenvalue weighted by Gasteiger charge is -2.17. The third-order valence-electron chi connectivity index (χ3n) is 4.25. The van der Waals surface area contributed by atoms with Crippen molar-refractivity contribution in [3.8, 4) is 0 Å². The Hall–Kier alpha value is -2.94. The Morgan fingerprint density at radius 1 is 0.957 bits per heavy atom. The Bertz CT molecular complexity index is 922. The van der Waals surface area contributed by atoms with E-state index in [4.69, 9.17) is 0 Å². The van der Waals surface area contributed by atoms with Crippen LogP contribution in [0.15, 0.2) is 72.6 Å². The van der Waals surface area contributed by atoms with Crippen LogP contribution in [-0.4, -0.2) is 10.8 Å². The van der Waals surface area contributed by atoms with Gasteiger partial charge in [0, 0.05) is 28.9 Å². The molecule has 3 nitrogen and oxygen atoms in total. The van der Waals surface area contributed by atoms with Gasteiger partial charge in [0.15, 0.2) is 5.78 Å². The first-order chi connectivity index (χ1) is 11.3. The Balaban J connectivity index is 1.66. The third-order valence-corrected chi connectivity index (χ3v) is 4.25. The first-order valence-corrected chi connectivity index (χ1v) is 7.75. The highest BCUT2D eigenvalue weighted by molar-refractivity contribution is 6.11. The Kier molecular flexibility index (Phi) is 3.39. The molecule has 0 aliphatic heterocycles. The molecule has 1 N–H and O–H groups in total. The van der Waals surface area contributed by atoms with Crippen LogP contribution >= 0.6 is 0 Å². The molecule has 0 amide bonds. The molecule has 2 aromatic carbocycles. The first kappa shape index (κ1) is 13.7. The van der Waals surface area contributed by atoms with E-state index < -0.39 is 0 Å². The third kappa shape index (κ3) is 2.50. The zero-order chi connectivity index (χ0) is 15.6. The van der Waals surface area contributed by atoms with Gasteiger partial charge in [0.25, 0.3) is 0 Å². The van der Waals surface area contributed by atoms with Crippen molar-refractivity contribution in [3.63, 3.8) is 0 Å². The molecule has 112 valence electrons. The van der Waals surface area contributed by atoms with E-state index in [9.17, 15) is 4.79 Å². The number of carbonyl (C=O) groups excluding carboxylic acids is 1. The van der Waals surface area contributed by atoms with E-state index in [1.54, 1.807) is 6.20 Å². The van der Waals surface area contributed by atoms with Crippen LogP contribution in [0, 0.1) is 0 Å². The summed E-state index contributed by atoms with van der Waals surface area (Å²) in [6.45, 7) is 0. The van der Waals surface area contributed by atoms with Gasteiger partial charge in [-0.3, -0.25) is 9.78 Å². The fourth-order valence-corrected chi connectivity index (χ4v) is 3.04. The molecular weight excluding hydrogens is 284 g/mol. The van der Waals surface area contributed by atoms with E-state index in [0.717, 1.165) is 46.1 Å². The van der Waals surface area contributed by atoms with Crippen LogP contribution in [0.1, 0.15) is 22.3 Å². The van der Waals surface area contributed by atoms with Crippen molar-refractivity contribution in [2.45, 2.75) is 12.8 Å². The molecule has 0 saturated carbocycles. The number of hydrogen-bond donors (Lipinski definition) is 1. The van der Waals surface area contributed by atoms with Crippen LogP contribution < -0.4 is 5.32 Å². The minimum atomic E-state index is 0.118. The number of aryl methyl sites for hydroxylation is 1. The number of nitrogens with zero attached hydrogens (tertiary/aromatic N) is 1. The number of carbonyl (C=O) groups is 1. The molecule has 1 aliphatic rings. The zero-order valence-corrected chi connectivity index (χ0v) is 12.6. The van der Waals surface area contributed by atoms with Gasteiger partial charge in [0.05, 0.1) is 11.2 Å². The van der Waals surface area contributed by atoms with Crippen LogP contribution in [0.2, 0.25) is 0 Å². The smallest absolute Gasteiger partial charge is 0.190 e. The molecule has 0 fully saturated rings. The molecule has 0 bridgehead atoms. The number of fused-ring (bicyclic) bond motifs is 2. The van der Waals surface area contributed by atoms with E-state index in [1.165, 1.54) is 0 Å². The average Bonchev–Trinajstić information content (AvgIpc) is 2.61. The minimum Gasteiger partial charge on any atom is -0.359 e. The second-order valence-electron chi connectivity index (χ2n) is 5.68. The van der Waals surface area contributed by atoms with Gasteiger partial charge >= 0.3 is 0 Å². The Morgan fingerprint density at radius 2 is 1.83 bits per heavy atom. The predicted molar refractivity (Wildman–Crippen MR) is 92.5 cm³/mol. The lowest BCUT2D eigenvalue weighted by atomic mass is 9.87. The van der Waals surface area contributed by atoms with Gasteiger partial charge in [0.1, 0.15) is 0 Å². The SMILES string of the molecule is O=C1/C(=C\Nc2cccc3cccnc23)CCc2ccccc21. The number of pyridine rings is 1. The summed E-state index contributed by atoms with van der Waals surface area (Å²) in [4.78, 5) is 17.0. The van der Waals surface area contributed by atoms with Crippen molar-refractivity contribution >= 4 is 22.4 Å². The number of Topliss-reactive ketones (excluding diaryl/α,β-unsaturated/α-hetero) is 1. The number of benzene rings is 2. The van der Waals surface area contributed by atoms with Crippen molar-refractivity contribution in [2.24, 2.45) is 0 Å². The highest BCUT2D eigenvalue weighted by Crippen LogP contribution is 2.26. The lowest BCUT2D eigenvalue weighted by Crippen LogP contribution is -2.15. The largest absolute Gasteiger partial charge is 0.359 e. The van der Waals surface area contributed by atoms with Crippen LogP contribution in [0.25, 0.3) is 10.9 Å². The molecule has 0 spiro atoms. The predicted octanol–water partition coefficient (Wildman–Crippen LogP) is 4.36. The Labute approximate surface area is 134 Å². The summed E-state index contributed by atoms with van der Waals surface area (Å²) in [6.07, 6.45) is 5.29. The maximum absolute atomic E-state index is 12.6. The second-order valence-corrected chi connectivity index (χ2v) is 5.68. The van der Waals surface area contributed by atoms with Crippen molar-refractivity contribution in [2.75, 3.05) is 5.32 Å². The van der Waals surface area contributed by atoms with Crippen LogP contribution in [0.5, 0.6) is 0 Å². The topological polar surface area (TPSA) is 42.0 Å². The van der Waals surface area contributed by atoms with E-state index in [1.807, 2.05) is 60.8 Å². The van der Waals surface area contributed by atoms with Gasteiger partial charge in [-0.05, 0) is 30.5 Å². The average molecular weight is 300 g/mol. The number of hydrogen-bond acceptors (Lipinski definition) is 3. The molecule has 1 heterocycles. The van der Waals surface area contributed by atoms with Crippen molar-refractivity contribution in [3.05, 3.63) is 83.7 Å². The van der Waals surface area contributed by atoms with E-state index in [-0.39, 0.29) is 5.78 Å². The number of para-hydroxylation sites is 1. The van der Waals surface area contributed by atoms with E-state index in [0.29, 0.717) is 0 Å². The summed E-state index contributed by atoms with van der Waals surface area (Å²) in [5, 5.41) is 4.35.